The van der Waals surface area contributed by atoms with Crippen LogP contribution in [0.5, 0.6) is 0 Å². The van der Waals surface area contributed by atoms with Gasteiger partial charge in [0.1, 0.15) is 18.1 Å². The highest BCUT2D eigenvalue weighted by Gasteiger charge is 2.54. The molecule has 0 radical (unpaired) electrons. The van der Waals surface area contributed by atoms with Crippen molar-refractivity contribution in [1.29, 1.82) is 0 Å². The first-order valence-electron chi connectivity index (χ1n) is 18.6. The summed E-state index contributed by atoms with van der Waals surface area (Å²) in [7, 11) is 0. The molecule has 7 saturated carbocycles. The molecule has 0 spiro atoms. The van der Waals surface area contributed by atoms with E-state index in [9.17, 15) is 24.0 Å². The van der Waals surface area contributed by atoms with Gasteiger partial charge < -0.3 is 20.9 Å². The van der Waals surface area contributed by atoms with Gasteiger partial charge in [0.2, 0.25) is 23.5 Å². The largest absolute Gasteiger partial charge is 0.347 e. The molecule has 9 heteroatoms. The second kappa shape index (κ2) is 12.2. The van der Waals surface area contributed by atoms with Crippen LogP contribution in [0.2, 0.25) is 0 Å². The Balaban J connectivity index is 1.08. The number of nitrogens with one attached hydrogen (secondary N) is 3. The zero-order valence-electron chi connectivity index (χ0n) is 28.3. The van der Waals surface area contributed by atoms with E-state index >= 15 is 0 Å². The minimum Gasteiger partial charge on any atom is -0.347 e. The van der Waals surface area contributed by atoms with E-state index in [1.807, 2.05) is 20.8 Å². The number of fused-ring (bicyclic) bond motifs is 1. The van der Waals surface area contributed by atoms with Crippen LogP contribution in [0.3, 0.4) is 0 Å². The number of carbonyl (C=O) groups is 5. The highest BCUT2D eigenvalue weighted by Crippen LogP contribution is 2.61. The van der Waals surface area contributed by atoms with Crippen molar-refractivity contribution in [2.75, 3.05) is 6.54 Å². The molecular formula is C37H56N4O5. The van der Waals surface area contributed by atoms with Gasteiger partial charge in [-0.15, -0.1) is 0 Å². The topological polar surface area (TPSA) is 125 Å². The molecule has 0 aromatic heterocycles. The van der Waals surface area contributed by atoms with E-state index in [4.69, 9.17) is 0 Å². The molecule has 4 amide bonds. The van der Waals surface area contributed by atoms with Crippen LogP contribution < -0.4 is 16.0 Å². The number of ketones is 1. The predicted octanol–water partition coefficient (Wildman–Crippen LogP) is 4.27. The fourth-order valence-corrected chi connectivity index (χ4v) is 11.3. The standard InChI is InChI=1S/C37H56N4O5/c1-36(2,3)32(39-28(42)19-37-16-21-13-22(17-37)15-23(14-21)18-37)35(46)41-20-25-9-6-10-27(25)30(41)33(44)40-29(24-7-4-5-8-24)31(43)34(45)38-26-11-12-26/h21-27,29-30,32H,4-20H2,1-3H3,(H,38,45)(H,39,42)(H,40,44)/t21?,22?,23?,25-,27-,29-,30-,32+,37?/m0/s1. The summed E-state index contributed by atoms with van der Waals surface area (Å²) in [5.74, 6) is 0.709. The van der Waals surface area contributed by atoms with Crippen molar-refractivity contribution in [3.05, 3.63) is 0 Å². The summed E-state index contributed by atoms with van der Waals surface area (Å²) in [5, 5.41) is 9.07. The fourth-order valence-electron chi connectivity index (χ4n) is 11.3. The lowest BCUT2D eigenvalue weighted by Gasteiger charge is -2.56. The maximum Gasteiger partial charge on any atom is 0.289 e. The average molecular weight is 637 g/mol. The van der Waals surface area contributed by atoms with Crippen LogP contribution in [0.4, 0.5) is 0 Å². The molecule has 1 heterocycles. The maximum atomic E-state index is 14.6. The Kier molecular flexibility index (Phi) is 8.53. The van der Waals surface area contributed by atoms with Gasteiger partial charge in [-0.3, -0.25) is 24.0 Å². The van der Waals surface area contributed by atoms with Crippen molar-refractivity contribution in [2.45, 2.75) is 148 Å². The Morgan fingerprint density at radius 2 is 1.43 bits per heavy atom. The Hall–Kier alpha value is -2.45. The molecule has 7 aliphatic carbocycles. The van der Waals surface area contributed by atoms with Crippen molar-refractivity contribution >= 4 is 29.4 Å². The second-order valence-electron chi connectivity index (χ2n) is 17.9. The van der Waals surface area contributed by atoms with E-state index in [0.29, 0.717) is 13.0 Å². The normalized spacial score (nSPS) is 36.3. The number of nitrogens with zero attached hydrogens (tertiary/aromatic N) is 1. The van der Waals surface area contributed by atoms with Crippen LogP contribution in [0.25, 0.3) is 0 Å². The van der Waals surface area contributed by atoms with Gasteiger partial charge in [-0.05, 0) is 123 Å². The zero-order valence-corrected chi connectivity index (χ0v) is 28.3. The van der Waals surface area contributed by atoms with Crippen LogP contribution >= 0.6 is 0 Å². The molecule has 1 saturated heterocycles. The molecule has 3 N–H and O–H groups in total. The molecule has 5 atom stereocenters. The average Bonchev–Trinajstić information content (AvgIpc) is 3.33. The van der Waals surface area contributed by atoms with Gasteiger partial charge in [-0.2, -0.15) is 0 Å². The monoisotopic (exact) mass is 636 g/mol. The van der Waals surface area contributed by atoms with E-state index in [-0.39, 0.29) is 46.9 Å². The minimum absolute atomic E-state index is 0.0203. The lowest BCUT2D eigenvalue weighted by molar-refractivity contribution is -0.147. The quantitative estimate of drug-likeness (QED) is 0.309. The summed E-state index contributed by atoms with van der Waals surface area (Å²) >= 11 is 0. The first kappa shape index (κ1) is 32.1. The molecule has 0 aromatic rings. The van der Waals surface area contributed by atoms with Crippen molar-refractivity contribution < 1.29 is 24.0 Å². The van der Waals surface area contributed by atoms with Gasteiger partial charge >= 0.3 is 0 Å². The Bertz CT molecular complexity index is 1210. The Morgan fingerprint density at radius 1 is 0.804 bits per heavy atom. The smallest absolute Gasteiger partial charge is 0.289 e. The molecule has 1 aliphatic heterocycles. The number of hydrogen-bond acceptors (Lipinski definition) is 5. The third-order valence-electron chi connectivity index (χ3n) is 13.1. The molecular weight excluding hydrogens is 580 g/mol. The van der Waals surface area contributed by atoms with Crippen LogP contribution in [0.1, 0.15) is 124 Å². The number of amides is 4. The molecule has 8 fully saturated rings. The Labute approximate surface area is 274 Å². The Morgan fingerprint density at radius 3 is 2.02 bits per heavy atom. The van der Waals surface area contributed by atoms with Gasteiger partial charge in [0.25, 0.3) is 5.91 Å². The molecule has 9 nitrogen and oxygen atoms in total. The van der Waals surface area contributed by atoms with Crippen molar-refractivity contribution in [2.24, 2.45) is 46.3 Å². The fraction of sp³-hybridized carbons (Fsp3) is 0.865. The highest BCUT2D eigenvalue weighted by atomic mass is 16.2. The molecule has 8 rings (SSSR count). The summed E-state index contributed by atoms with van der Waals surface area (Å²) in [6.07, 6.45) is 16.0. The van der Waals surface area contributed by atoms with Crippen LogP contribution in [0.15, 0.2) is 0 Å². The predicted molar refractivity (Wildman–Crippen MR) is 173 cm³/mol. The SMILES string of the molecule is CC(C)(C)[C@H](NC(=O)CC12CC3CC(CC(C3)C1)C2)C(=O)N1C[C@@H]2CCC[C@@H]2[C@H]1C(=O)N[C@H](C(=O)C(=O)NC1CC1)C1CCCC1. The summed E-state index contributed by atoms with van der Waals surface area (Å²) < 4.78 is 0. The first-order valence-corrected chi connectivity index (χ1v) is 18.6. The van der Waals surface area contributed by atoms with Gasteiger partial charge in [0.15, 0.2) is 0 Å². The molecule has 46 heavy (non-hydrogen) atoms. The van der Waals surface area contributed by atoms with E-state index in [1.54, 1.807) is 4.90 Å². The van der Waals surface area contributed by atoms with Gasteiger partial charge in [0, 0.05) is 19.0 Å². The number of likely N-dealkylation sites (tertiary alicyclic amines) is 1. The minimum atomic E-state index is -0.871. The van der Waals surface area contributed by atoms with Crippen molar-refractivity contribution in [3.63, 3.8) is 0 Å². The van der Waals surface area contributed by atoms with E-state index < -0.39 is 35.2 Å². The zero-order chi connectivity index (χ0) is 32.4. The van der Waals surface area contributed by atoms with Crippen LogP contribution in [0, 0.1) is 46.3 Å². The number of carbonyl (C=O) groups excluding carboxylic acids is 5. The first-order chi connectivity index (χ1) is 21.9. The lowest BCUT2D eigenvalue weighted by atomic mass is 9.49. The number of Topliss-reactive ketones (excluding diaryl/α,β-unsaturated/α-hetero) is 1. The van der Waals surface area contributed by atoms with E-state index in [0.717, 1.165) is 94.8 Å². The third-order valence-corrected chi connectivity index (χ3v) is 13.1. The van der Waals surface area contributed by atoms with E-state index in [1.165, 1.54) is 19.3 Å². The molecule has 4 bridgehead atoms. The summed E-state index contributed by atoms with van der Waals surface area (Å²) in [6, 6.07) is -2.26. The van der Waals surface area contributed by atoms with Crippen LogP contribution in [-0.2, 0) is 24.0 Å². The van der Waals surface area contributed by atoms with Gasteiger partial charge in [-0.1, -0.05) is 40.0 Å². The second-order valence-corrected chi connectivity index (χ2v) is 17.9. The van der Waals surface area contributed by atoms with Crippen molar-refractivity contribution in [3.8, 4) is 0 Å². The van der Waals surface area contributed by atoms with Crippen LogP contribution in [-0.4, -0.2) is 65.0 Å². The third kappa shape index (κ3) is 6.37. The molecule has 8 aliphatic rings. The highest BCUT2D eigenvalue weighted by molar-refractivity contribution is 6.38. The number of rotatable bonds is 10. The lowest BCUT2D eigenvalue weighted by Crippen LogP contribution is -2.61. The van der Waals surface area contributed by atoms with E-state index in [2.05, 4.69) is 16.0 Å². The summed E-state index contributed by atoms with van der Waals surface area (Å²) in [5.41, 5.74) is -0.471. The molecule has 0 unspecified atom stereocenters. The summed E-state index contributed by atoms with van der Waals surface area (Å²) in [6.45, 7) is 6.45. The van der Waals surface area contributed by atoms with Gasteiger partial charge in [0.05, 0.1) is 0 Å². The molecule has 254 valence electrons. The maximum absolute atomic E-state index is 14.6. The summed E-state index contributed by atoms with van der Waals surface area (Å²) in [4.78, 5) is 70.7. The number of hydrogen-bond donors (Lipinski definition) is 3. The van der Waals surface area contributed by atoms with Gasteiger partial charge in [-0.25, -0.2) is 0 Å². The van der Waals surface area contributed by atoms with Crippen molar-refractivity contribution in [1.82, 2.24) is 20.9 Å². The molecule has 0 aromatic carbocycles.